The standard InChI is InChI=1S/C6H13N.Na/c1-2-3-4-5-6-7;/h2H,1,3-7H2;. The number of allylic oxidation sites excluding steroid dienone is 1. The van der Waals surface area contributed by atoms with Crippen molar-refractivity contribution in [1.29, 1.82) is 0 Å². The Hall–Kier alpha value is 0.700. The Morgan fingerprint density at radius 1 is 1.38 bits per heavy atom. The van der Waals surface area contributed by atoms with Gasteiger partial charge in [0.2, 0.25) is 0 Å². The molecule has 0 aliphatic carbocycles. The van der Waals surface area contributed by atoms with E-state index in [4.69, 9.17) is 5.73 Å². The van der Waals surface area contributed by atoms with Gasteiger partial charge in [-0.3, -0.25) is 0 Å². The van der Waals surface area contributed by atoms with Crippen LogP contribution < -0.4 is 5.73 Å². The van der Waals surface area contributed by atoms with E-state index in [1.807, 2.05) is 6.08 Å². The van der Waals surface area contributed by atoms with Crippen molar-refractivity contribution >= 4 is 29.6 Å². The summed E-state index contributed by atoms with van der Waals surface area (Å²) in [6.07, 6.45) is 5.36. The summed E-state index contributed by atoms with van der Waals surface area (Å²) in [5.74, 6) is 0. The smallest absolute Gasteiger partial charge is 0 e. The zero-order chi connectivity index (χ0) is 5.54. The number of hydrogen-bond acceptors (Lipinski definition) is 1. The Bertz CT molecular complexity index is 45.8. The molecule has 43 valence electrons. The first kappa shape index (κ1) is 11.5. The quantitative estimate of drug-likeness (QED) is 0.335. The van der Waals surface area contributed by atoms with Crippen molar-refractivity contribution in [2.75, 3.05) is 6.54 Å². The molecule has 0 saturated heterocycles. The van der Waals surface area contributed by atoms with Gasteiger partial charge in [0.05, 0.1) is 0 Å². The number of nitrogens with two attached hydrogens (primary N) is 1. The third-order valence-corrected chi connectivity index (χ3v) is 0.862. The average Bonchev–Trinajstić information content (AvgIpc) is 1.69. The third kappa shape index (κ3) is 9.85. The molecule has 0 rings (SSSR count). The third-order valence-electron chi connectivity index (χ3n) is 0.862. The Labute approximate surface area is 73.6 Å². The molecule has 2 N–H and O–H groups in total. The van der Waals surface area contributed by atoms with Crippen LogP contribution in [-0.4, -0.2) is 36.1 Å². The summed E-state index contributed by atoms with van der Waals surface area (Å²) in [5.41, 5.74) is 5.23. The van der Waals surface area contributed by atoms with Gasteiger partial charge < -0.3 is 5.73 Å². The first-order chi connectivity index (χ1) is 3.41. The monoisotopic (exact) mass is 122 g/mol. The van der Waals surface area contributed by atoms with Crippen molar-refractivity contribution in [1.82, 2.24) is 0 Å². The maximum atomic E-state index is 5.23. The second kappa shape index (κ2) is 10.6. The zero-order valence-electron chi connectivity index (χ0n) is 5.69. The number of unbranched alkanes of at least 4 members (excludes halogenated alkanes) is 2. The number of rotatable bonds is 4. The minimum atomic E-state index is 0. The maximum Gasteiger partial charge on any atom is 0 e. The van der Waals surface area contributed by atoms with E-state index >= 15 is 0 Å². The van der Waals surface area contributed by atoms with Crippen molar-refractivity contribution in [2.45, 2.75) is 19.3 Å². The molecule has 0 saturated carbocycles. The van der Waals surface area contributed by atoms with Gasteiger partial charge in [0.25, 0.3) is 0 Å². The summed E-state index contributed by atoms with van der Waals surface area (Å²) in [4.78, 5) is 0. The van der Waals surface area contributed by atoms with Gasteiger partial charge in [-0.1, -0.05) is 6.08 Å². The summed E-state index contributed by atoms with van der Waals surface area (Å²) in [5, 5.41) is 0. The van der Waals surface area contributed by atoms with E-state index in [2.05, 4.69) is 6.58 Å². The van der Waals surface area contributed by atoms with Gasteiger partial charge in [0.1, 0.15) is 0 Å². The molecule has 0 aliphatic heterocycles. The topological polar surface area (TPSA) is 26.0 Å². The normalized spacial score (nSPS) is 7.62. The van der Waals surface area contributed by atoms with Crippen molar-refractivity contribution in [3.05, 3.63) is 12.7 Å². The zero-order valence-corrected chi connectivity index (χ0v) is 7.69. The van der Waals surface area contributed by atoms with Crippen molar-refractivity contribution in [3.63, 3.8) is 0 Å². The van der Waals surface area contributed by atoms with Crippen LogP contribution in [0.2, 0.25) is 0 Å². The predicted molar refractivity (Wildman–Crippen MR) is 38.9 cm³/mol. The van der Waals surface area contributed by atoms with Crippen LogP contribution in [0.25, 0.3) is 0 Å². The van der Waals surface area contributed by atoms with Gasteiger partial charge in [-0.05, 0) is 25.8 Å². The molecular weight excluding hydrogens is 109 g/mol. The summed E-state index contributed by atoms with van der Waals surface area (Å²) < 4.78 is 0. The molecule has 2 heteroatoms. The van der Waals surface area contributed by atoms with Crippen LogP contribution >= 0.6 is 0 Å². The van der Waals surface area contributed by atoms with Gasteiger partial charge in [0, 0.05) is 29.6 Å². The largest absolute Gasteiger partial charge is 0.330 e. The second-order valence-corrected chi connectivity index (χ2v) is 1.57. The molecule has 1 nitrogen and oxygen atoms in total. The second-order valence-electron chi connectivity index (χ2n) is 1.57. The molecule has 0 amide bonds. The summed E-state index contributed by atoms with van der Waals surface area (Å²) in [6, 6.07) is 0. The van der Waals surface area contributed by atoms with Crippen LogP contribution in [-0.2, 0) is 0 Å². The molecular formula is C6H13NNa. The fourth-order valence-electron chi connectivity index (χ4n) is 0.433. The van der Waals surface area contributed by atoms with E-state index in [9.17, 15) is 0 Å². The molecule has 0 bridgehead atoms. The van der Waals surface area contributed by atoms with E-state index in [-0.39, 0.29) is 29.6 Å². The predicted octanol–water partition coefficient (Wildman–Crippen LogP) is 0.921. The molecule has 0 spiro atoms. The van der Waals surface area contributed by atoms with E-state index in [1.54, 1.807) is 0 Å². The van der Waals surface area contributed by atoms with Crippen LogP contribution in [0.5, 0.6) is 0 Å². The summed E-state index contributed by atoms with van der Waals surface area (Å²) >= 11 is 0. The van der Waals surface area contributed by atoms with E-state index < -0.39 is 0 Å². The first-order valence-corrected chi connectivity index (χ1v) is 2.72. The van der Waals surface area contributed by atoms with Crippen LogP contribution in [0, 0.1) is 0 Å². The van der Waals surface area contributed by atoms with Gasteiger partial charge in [0.15, 0.2) is 0 Å². The Morgan fingerprint density at radius 3 is 2.38 bits per heavy atom. The molecule has 0 aromatic carbocycles. The van der Waals surface area contributed by atoms with Crippen LogP contribution in [0.1, 0.15) is 19.3 Å². The molecule has 0 atom stereocenters. The first-order valence-electron chi connectivity index (χ1n) is 2.72. The summed E-state index contributed by atoms with van der Waals surface area (Å²) in [7, 11) is 0. The Kier molecular flexibility index (Phi) is 15.3. The van der Waals surface area contributed by atoms with Crippen LogP contribution in [0.4, 0.5) is 0 Å². The van der Waals surface area contributed by atoms with Crippen molar-refractivity contribution in [2.24, 2.45) is 5.73 Å². The van der Waals surface area contributed by atoms with Crippen LogP contribution in [0.15, 0.2) is 12.7 Å². The fourth-order valence-corrected chi connectivity index (χ4v) is 0.433. The van der Waals surface area contributed by atoms with Crippen molar-refractivity contribution in [3.8, 4) is 0 Å². The maximum absolute atomic E-state index is 5.23. The summed E-state index contributed by atoms with van der Waals surface area (Å²) in [6.45, 7) is 4.41. The Morgan fingerprint density at radius 2 is 2.00 bits per heavy atom. The molecule has 0 aliphatic rings. The fraction of sp³-hybridized carbons (Fsp3) is 0.667. The minimum absolute atomic E-state index is 0. The molecule has 0 aromatic rings. The minimum Gasteiger partial charge on any atom is -0.330 e. The molecule has 0 unspecified atom stereocenters. The SMILES string of the molecule is C=CCCCCN.[Na]. The van der Waals surface area contributed by atoms with Gasteiger partial charge in [-0.15, -0.1) is 6.58 Å². The van der Waals surface area contributed by atoms with E-state index in [0.717, 1.165) is 19.4 Å². The van der Waals surface area contributed by atoms with Gasteiger partial charge in [-0.25, -0.2) is 0 Å². The Balaban J connectivity index is 0. The van der Waals surface area contributed by atoms with Gasteiger partial charge >= 0.3 is 0 Å². The molecule has 1 radical (unpaired) electrons. The molecule has 0 aromatic heterocycles. The molecule has 0 fully saturated rings. The van der Waals surface area contributed by atoms with Gasteiger partial charge in [-0.2, -0.15) is 0 Å². The van der Waals surface area contributed by atoms with E-state index in [1.165, 1.54) is 6.42 Å². The van der Waals surface area contributed by atoms with Crippen LogP contribution in [0.3, 0.4) is 0 Å². The molecule has 0 heterocycles. The molecule has 8 heavy (non-hydrogen) atoms. The van der Waals surface area contributed by atoms with Crippen molar-refractivity contribution < 1.29 is 0 Å². The average molecular weight is 122 g/mol. The number of hydrogen-bond donors (Lipinski definition) is 1. The van der Waals surface area contributed by atoms with E-state index in [0.29, 0.717) is 0 Å².